The highest BCUT2D eigenvalue weighted by atomic mass is 16.7. The van der Waals surface area contributed by atoms with Gasteiger partial charge in [0, 0.05) is 14.2 Å². The molecule has 1 heterocycles. The number of rotatable bonds is 4. The largest absolute Gasteiger partial charge is 0.373 e. The van der Waals surface area contributed by atoms with E-state index in [0.717, 1.165) is 6.42 Å². The predicted octanol–water partition coefficient (Wildman–Crippen LogP) is 2.01. The first kappa shape index (κ1) is 14.6. The Bertz CT molecular complexity index is 279. The molecule has 4 nitrogen and oxygen atoms in total. The Morgan fingerprint density at radius 1 is 1.41 bits per heavy atom. The zero-order valence-electron chi connectivity index (χ0n) is 11.6. The van der Waals surface area contributed by atoms with Crippen molar-refractivity contribution in [2.24, 2.45) is 11.8 Å². The van der Waals surface area contributed by atoms with E-state index in [9.17, 15) is 4.79 Å². The van der Waals surface area contributed by atoms with Crippen molar-refractivity contribution in [3.63, 3.8) is 0 Å². The van der Waals surface area contributed by atoms with Gasteiger partial charge in [-0.3, -0.25) is 4.79 Å². The maximum Gasteiger partial charge on any atom is 0.187 e. The molecule has 1 aliphatic rings. The number of methoxy groups -OCH3 is 2. The lowest BCUT2D eigenvalue weighted by atomic mass is 9.72. The molecule has 0 unspecified atom stereocenters. The van der Waals surface area contributed by atoms with Gasteiger partial charge in [-0.2, -0.15) is 0 Å². The summed E-state index contributed by atoms with van der Waals surface area (Å²) >= 11 is 0. The molecule has 5 atom stereocenters. The third-order valence-electron chi connectivity index (χ3n) is 4.08. The number of hydrogen-bond donors (Lipinski definition) is 0. The maximum absolute atomic E-state index is 11.6. The normalized spacial score (nSPS) is 42.5. The molecule has 0 spiro atoms. The summed E-state index contributed by atoms with van der Waals surface area (Å²) in [6.45, 7) is 7.70. The Labute approximate surface area is 104 Å². The zero-order valence-corrected chi connectivity index (χ0v) is 11.6. The van der Waals surface area contributed by atoms with Crippen LogP contribution in [0.15, 0.2) is 0 Å². The first-order valence-electron chi connectivity index (χ1n) is 6.16. The minimum Gasteiger partial charge on any atom is -0.373 e. The van der Waals surface area contributed by atoms with Crippen LogP contribution in [0.1, 0.15) is 34.1 Å². The van der Waals surface area contributed by atoms with Crippen molar-refractivity contribution in [2.75, 3.05) is 14.2 Å². The van der Waals surface area contributed by atoms with Crippen molar-refractivity contribution >= 4 is 5.78 Å². The van der Waals surface area contributed by atoms with Crippen molar-refractivity contribution in [1.82, 2.24) is 0 Å². The lowest BCUT2D eigenvalue weighted by Gasteiger charge is -2.50. The molecule has 0 saturated carbocycles. The van der Waals surface area contributed by atoms with Gasteiger partial charge in [-0.1, -0.05) is 20.3 Å². The topological polar surface area (TPSA) is 44.8 Å². The highest BCUT2D eigenvalue weighted by molar-refractivity contribution is 5.81. The van der Waals surface area contributed by atoms with Crippen LogP contribution in [0.3, 0.4) is 0 Å². The molecule has 0 aromatic rings. The minimum atomic E-state index is -0.505. The molecule has 4 heteroatoms. The van der Waals surface area contributed by atoms with Gasteiger partial charge in [0.05, 0.1) is 0 Å². The van der Waals surface area contributed by atoms with Crippen molar-refractivity contribution in [3.8, 4) is 0 Å². The molecule has 1 saturated heterocycles. The number of carbonyl (C=O) groups excluding carboxylic acids is 1. The summed E-state index contributed by atoms with van der Waals surface area (Å²) in [6, 6.07) is 0. The number of carbonyl (C=O) groups is 1. The molecule has 1 aliphatic heterocycles. The van der Waals surface area contributed by atoms with Gasteiger partial charge >= 0.3 is 0 Å². The summed E-state index contributed by atoms with van der Waals surface area (Å²) in [4.78, 5) is 11.6. The Kier molecular flexibility index (Phi) is 4.69. The van der Waals surface area contributed by atoms with E-state index in [0.29, 0.717) is 0 Å². The summed E-state index contributed by atoms with van der Waals surface area (Å²) in [5, 5.41) is 0. The van der Waals surface area contributed by atoms with Gasteiger partial charge in [0.15, 0.2) is 12.1 Å². The second-order valence-electron chi connectivity index (χ2n) is 5.00. The summed E-state index contributed by atoms with van der Waals surface area (Å²) in [7, 11) is 3.25. The minimum absolute atomic E-state index is 0.0520. The molecule has 0 radical (unpaired) electrons. The zero-order chi connectivity index (χ0) is 13.2. The van der Waals surface area contributed by atoms with Crippen molar-refractivity contribution in [2.45, 2.75) is 52.1 Å². The highest BCUT2D eigenvalue weighted by Crippen LogP contribution is 2.42. The van der Waals surface area contributed by atoms with Gasteiger partial charge in [0.1, 0.15) is 11.7 Å². The molecule has 0 aliphatic carbocycles. The molecule has 0 N–H and O–H groups in total. The van der Waals surface area contributed by atoms with Crippen LogP contribution >= 0.6 is 0 Å². The van der Waals surface area contributed by atoms with Crippen LogP contribution < -0.4 is 0 Å². The molecular weight excluding hydrogens is 220 g/mol. The monoisotopic (exact) mass is 244 g/mol. The first-order valence-corrected chi connectivity index (χ1v) is 6.16. The van der Waals surface area contributed by atoms with E-state index in [2.05, 4.69) is 6.92 Å². The lowest BCUT2D eigenvalue weighted by molar-refractivity contribution is -0.304. The van der Waals surface area contributed by atoms with Crippen molar-refractivity contribution in [3.05, 3.63) is 0 Å². The van der Waals surface area contributed by atoms with Gasteiger partial charge < -0.3 is 14.2 Å². The number of ether oxygens (including phenoxy) is 3. The molecule has 1 rings (SSSR count). The van der Waals surface area contributed by atoms with Crippen LogP contribution in [0.25, 0.3) is 0 Å². The summed E-state index contributed by atoms with van der Waals surface area (Å²) in [6.07, 6.45) is 0.0362. The maximum atomic E-state index is 11.6. The number of hydrogen-bond acceptors (Lipinski definition) is 4. The second kappa shape index (κ2) is 5.46. The Hall–Kier alpha value is -0.450. The third kappa shape index (κ3) is 2.39. The number of ketones is 1. The molecule has 0 amide bonds. The van der Waals surface area contributed by atoms with Crippen LogP contribution in [0.2, 0.25) is 0 Å². The lowest BCUT2D eigenvalue weighted by Crippen LogP contribution is -2.60. The average Bonchev–Trinajstić information content (AvgIpc) is 2.29. The summed E-state index contributed by atoms with van der Waals surface area (Å²) in [5.74, 6) is 0.421. The predicted molar refractivity (Wildman–Crippen MR) is 64.7 cm³/mol. The molecule has 0 aromatic heterocycles. The van der Waals surface area contributed by atoms with E-state index in [1.54, 1.807) is 21.1 Å². The van der Waals surface area contributed by atoms with E-state index in [1.165, 1.54) is 0 Å². The molecule has 100 valence electrons. The van der Waals surface area contributed by atoms with E-state index < -0.39 is 18.0 Å². The third-order valence-corrected chi connectivity index (χ3v) is 4.08. The van der Waals surface area contributed by atoms with E-state index in [4.69, 9.17) is 14.2 Å². The Morgan fingerprint density at radius 2 is 2.00 bits per heavy atom. The fourth-order valence-electron chi connectivity index (χ4n) is 3.08. The van der Waals surface area contributed by atoms with Crippen LogP contribution in [0.5, 0.6) is 0 Å². The Balaban J connectivity index is 3.06. The van der Waals surface area contributed by atoms with Crippen molar-refractivity contribution in [1.29, 1.82) is 0 Å². The van der Waals surface area contributed by atoms with Crippen LogP contribution in [-0.4, -0.2) is 38.0 Å². The fraction of sp³-hybridized carbons (Fsp3) is 0.923. The number of Topliss-reactive ketones (excluding diaryl/α,β-unsaturated/α-hetero) is 1. The molecule has 0 aromatic carbocycles. The van der Waals surface area contributed by atoms with Gasteiger partial charge in [-0.15, -0.1) is 0 Å². The first-order chi connectivity index (χ1) is 7.92. The van der Waals surface area contributed by atoms with Crippen LogP contribution in [0, 0.1) is 11.8 Å². The standard InChI is InChI=1S/C13H24O4/c1-7-10-8(2)11(9(3)14)17-12(15-5)13(10,4)16-6/h8,10-12H,7H2,1-6H3/t8-,10+,11+,12+,13-/m1/s1. The molecular formula is C13H24O4. The highest BCUT2D eigenvalue weighted by Gasteiger charge is 2.52. The summed E-state index contributed by atoms with van der Waals surface area (Å²) < 4.78 is 16.7. The molecule has 17 heavy (non-hydrogen) atoms. The van der Waals surface area contributed by atoms with Crippen LogP contribution in [0.4, 0.5) is 0 Å². The van der Waals surface area contributed by atoms with Gasteiger partial charge in [0.2, 0.25) is 0 Å². The quantitative estimate of drug-likeness (QED) is 0.759. The van der Waals surface area contributed by atoms with Gasteiger partial charge in [-0.05, 0) is 25.7 Å². The molecule has 0 bridgehead atoms. The SMILES string of the molecule is CC[C@H]1[C@@H](C)[C@@H](C(C)=O)O[C@H](OC)[C@]1(C)OC. The van der Waals surface area contributed by atoms with Crippen molar-refractivity contribution < 1.29 is 19.0 Å². The Morgan fingerprint density at radius 3 is 2.35 bits per heavy atom. The van der Waals surface area contributed by atoms with E-state index in [-0.39, 0.29) is 17.6 Å². The van der Waals surface area contributed by atoms with Gasteiger partial charge in [-0.25, -0.2) is 0 Å². The van der Waals surface area contributed by atoms with E-state index >= 15 is 0 Å². The second-order valence-corrected chi connectivity index (χ2v) is 5.00. The van der Waals surface area contributed by atoms with E-state index in [1.807, 2.05) is 13.8 Å². The van der Waals surface area contributed by atoms with Crippen LogP contribution in [-0.2, 0) is 19.0 Å². The van der Waals surface area contributed by atoms with Gasteiger partial charge in [0.25, 0.3) is 0 Å². The molecule has 1 fully saturated rings. The summed E-state index contributed by atoms with van der Waals surface area (Å²) in [5.41, 5.74) is -0.505. The smallest absolute Gasteiger partial charge is 0.187 e. The fourth-order valence-corrected chi connectivity index (χ4v) is 3.08. The average molecular weight is 244 g/mol.